The second-order valence-corrected chi connectivity index (χ2v) is 6.55. The lowest BCUT2D eigenvalue weighted by molar-refractivity contribution is -0.314. The minimum absolute atomic E-state index is 0.0495. The van der Waals surface area contributed by atoms with Crippen molar-refractivity contribution >= 4 is 11.9 Å². The molecule has 112 valence electrons. The number of fused-ring (bicyclic) bond motifs is 2. The van der Waals surface area contributed by atoms with Gasteiger partial charge < -0.3 is 20.0 Å². The highest BCUT2D eigenvalue weighted by Crippen LogP contribution is 2.52. The van der Waals surface area contributed by atoms with Gasteiger partial charge in [0, 0.05) is 24.4 Å². The summed E-state index contributed by atoms with van der Waals surface area (Å²) in [5.41, 5.74) is 0. The second kappa shape index (κ2) is 5.35. The van der Waals surface area contributed by atoms with Crippen LogP contribution >= 0.6 is 0 Å². The molecule has 6 atom stereocenters. The van der Waals surface area contributed by atoms with E-state index in [0.29, 0.717) is 0 Å². The molecule has 0 radical (unpaired) electrons. The molecule has 1 N–H and O–H groups in total. The van der Waals surface area contributed by atoms with Crippen LogP contribution in [0.4, 0.5) is 0 Å². The maximum atomic E-state index is 12.5. The van der Waals surface area contributed by atoms with Gasteiger partial charge in [0.2, 0.25) is 5.91 Å². The summed E-state index contributed by atoms with van der Waals surface area (Å²) >= 11 is 0. The standard InChI is InChI=1S/C15H23NO4/c1-8(11-3-2-6-20-11)16-14(17)12-9-4-5-10(7-9)13(12)15(18)19/h8-13H,2-7H2,1H3,(H,16,17)(H,18,19)/p-1/t8-,9-,10+,11-,12-,13+/m1/s1. The molecule has 3 rings (SSSR count). The lowest BCUT2D eigenvalue weighted by Crippen LogP contribution is -2.49. The number of rotatable bonds is 4. The van der Waals surface area contributed by atoms with Crippen LogP contribution in [0.3, 0.4) is 0 Å². The Kier molecular flexibility index (Phi) is 3.71. The van der Waals surface area contributed by atoms with Crippen LogP contribution in [0.5, 0.6) is 0 Å². The van der Waals surface area contributed by atoms with E-state index in [-0.39, 0.29) is 29.9 Å². The Bertz CT molecular complexity index is 405. The van der Waals surface area contributed by atoms with E-state index in [9.17, 15) is 14.7 Å². The van der Waals surface area contributed by atoms with Crippen LogP contribution in [0.2, 0.25) is 0 Å². The van der Waals surface area contributed by atoms with Gasteiger partial charge in [-0.2, -0.15) is 0 Å². The van der Waals surface area contributed by atoms with Crippen molar-refractivity contribution in [2.45, 2.75) is 51.2 Å². The molecule has 3 aliphatic rings. The molecule has 2 saturated carbocycles. The Morgan fingerprint density at radius 1 is 1.20 bits per heavy atom. The zero-order valence-corrected chi connectivity index (χ0v) is 11.8. The fourth-order valence-corrected chi connectivity index (χ4v) is 4.42. The predicted octanol–water partition coefficient (Wildman–Crippen LogP) is 0.0823. The van der Waals surface area contributed by atoms with Crippen LogP contribution in [0.15, 0.2) is 0 Å². The lowest BCUT2D eigenvalue weighted by Gasteiger charge is -2.32. The van der Waals surface area contributed by atoms with Gasteiger partial charge in [0.05, 0.1) is 12.1 Å². The first-order chi connectivity index (χ1) is 9.58. The molecule has 1 aliphatic heterocycles. The number of aliphatic carboxylic acids is 1. The van der Waals surface area contributed by atoms with Gasteiger partial charge in [-0.3, -0.25) is 4.79 Å². The van der Waals surface area contributed by atoms with Crippen molar-refractivity contribution in [3.05, 3.63) is 0 Å². The van der Waals surface area contributed by atoms with Crippen molar-refractivity contribution in [3.63, 3.8) is 0 Å². The van der Waals surface area contributed by atoms with Crippen molar-refractivity contribution in [1.82, 2.24) is 5.32 Å². The number of hydrogen-bond donors (Lipinski definition) is 1. The molecular weight excluding hydrogens is 258 g/mol. The molecule has 20 heavy (non-hydrogen) atoms. The average Bonchev–Trinajstić information content (AvgIpc) is 3.13. The van der Waals surface area contributed by atoms with E-state index >= 15 is 0 Å². The summed E-state index contributed by atoms with van der Waals surface area (Å²) in [6.45, 7) is 2.69. The van der Waals surface area contributed by atoms with Crippen molar-refractivity contribution in [2.75, 3.05) is 6.61 Å². The Balaban J connectivity index is 1.65. The van der Waals surface area contributed by atoms with Crippen molar-refractivity contribution in [1.29, 1.82) is 0 Å². The van der Waals surface area contributed by atoms with E-state index < -0.39 is 17.8 Å². The van der Waals surface area contributed by atoms with Crippen molar-refractivity contribution in [3.8, 4) is 0 Å². The molecule has 3 fully saturated rings. The minimum Gasteiger partial charge on any atom is -0.550 e. The number of ether oxygens (including phenoxy) is 1. The zero-order chi connectivity index (χ0) is 14.3. The monoisotopic (exact) mass is 280 g/mol. The van der Waals surface area contributed by atoms with Gasteiger partial charge in [-0.15, -0.1) is 0 Å². The van der Waals surface area contributed by atoms with E-state index in [2.05, 4.69) is 5.32 Å². The normalized spacial score (nSPS) is 40.8. The van der Waals surface area contributed by atoms with E-state index in [1.165, 1.54) is 0 Å². The molecule has 2 aliphatic carbocycles. The number of carbonyl (C=O) groups is 2. The Hall–Kier alpha value is -1.10. The molecule has 0 aromatic heterocycles. The zero-order valence-electron chi connectivity index (χ0n) is 11.8. The van der Waals surface area contributed by atoms with Crippen LogP contribution in [0.25, 0.3) is 0 Å². The first kappa shape index (κ1) is 13.9. The maximum absolute atomic E-state index is 12.5. The first-order valence-corrected chi connectivity index (χ1v) is 7.70. The minimum atomic E-state index is -1.05. The molecule has 1 amide bonds. The molecule has 5 nitrogen and oxygen atoms in total. The summed E-state index contributed by atoms with van der Waals surface area (Å²) in [6, 6.07) is -0.0495. The van der Waals surface area contributed by atoms with Crippen LogP contribution in [-0.4, -0.2) is 30.6 Å². The van der Waals surface area contributed by atoms with E-state index in [4.69, 9.17) is 4.74 Å². The topological polar surface area (TPSA) is 78.5 Å². The van der Waals surface area contributed by atoms with Crippen LogP contribution in [0.1, 0.15) is 39.0 Å². The molecule has 5 heteroatoms. The molecule has 0 unspecified atom stereocenters. The van der Waals surface area contributed by atoms with Gasteiger partial charge in [0.25, 0.3) is 0 Å². The average molecular weight is 280 g/mol. The summed E-state index contributed by atoms with van der Waals surface area (Å²) in [6.07, 6.45) is 4.82. The van der Waals surface area contributed by atoms with Crippen molar-refractivity contribution in [2.24, 2.45) is 23.7 Å². The first-order valence-electron chi connectivity index (χ1n) is 7.70. The number of carboxylic acid groups (broad SMARTS) is 1. The molecule has 0 aromatic carbocycles. The third-order valence-electron chi connectivity index (χ3n) is 5.38. The Morgan fingerprint density at radius 2 is 1.90 bits per heavy atom. The molecule has 1 saturated heterocycles. The van der Waals surface area contributed by atoms with Gasteiger partial charge in [0.15, 0.2) is 0 Å². The largest absolute Gasteiger partial charge is 0.550 e. The fourth-order valence-electron chi connectivity index (χ4n) is 4.42. The summed E-state index contributed by atoms with van der Waals surface area (Å²) in [4.78, 5) is 23.8. The fraction of sp³-hybridized carbons (Fsp3) is 0.867. The molecular formula is C15H22NO4-. The third kappa shape index (κ3) is 2.32. The molecule has 1 heterocycles. The molecule has 0 aromatic rings. The summed E-state index contributed by atoms with van der Waals surface area (Å²) in [5.74, 6) is -1.80. The Labute approximate surface area is 119 Å². The van der Waals surface area contributed by atoms with E-state index in [1.807, 2.05) is 6.92 Å². The predicted molar refractivity (Wildman–Crippen MR) is 69.4 cm³/mol. The highest BCUT2D eigenvalue weighted by molar-refractivity contribution is 5.85. The van der Waals surface area contributed by atoms with Crippen molar-refractivity contribution < 1.29 is 19.4 Å². The van der Waals surface area contributed by atoms with Gasteiger partial charge in [-0.05, 0) is 50.9 Å². The highest BCUT2D eigenvalue weighted by Gasteiger charge is 2.51. The number of hydrogen-bond acceptors (Lipinski definition) is 4. The quantitative estimate of drug-likeness (QED) is 0.791. The van der Waals surface area contributed by atoms with Gasteiger partial charge in [-0.25, -0.2) is 0 Å². The second-order valence-electron chi connectivity index (χ2n) is 6.55. The van der Waals surface area contributed by atoms with E-state index in [1.54, 1.807) is 0 Å². The third-order valence-corrected chi connectivity index (χ3v) is 5.38. The Morgan fingerprint density at radius 3 is 2.50 bits per heavy atom. The smallest absolute Gasteiger partial charge is 0.224 e. The lowest BCUT2D eigenvalue weighted by atomic mass is 9.78. The SMILES string of the molecule is C[C@@H](NC(=O)[C@@H]1[C@@H]2CC[C@@H](C2)[C@@H]1C(=O)[O-])[C@H]1CCCO1. The summed E-state index contributed by atoms with van der Waals surface area (Å²) < 4.78 is 5.57. The highest BCUT2D eigenvalue weighted by atomic mass is 16.5. The summed E-state index contributed by atoms with van der Waals surface area (Å²) in [7, 11) is 0. The molecule has 0 spiro atoms. The number of carboxylic acids is 1. The van der Waals surface area contributed by atoms with Crippen LogP contribution in [-0.2, 0) is 14.3 Å². The van der Waals surface area contributed by atoms with Gasteiger partial charge >= 0.3 is 0 Å². The number of amides is 1. The maximum Gasteiger partial charge on any atom is 0.224 e. The molecule has 2 bridgehead atoms. The number of nitrogens with one attached hydrogen (secondary N) is 1. The van der Waals surface area contributed by atoms with E-state index in [0.717, 1.165) is 38.7 Å². The van der Waals surface area contributed by atoms with Crippen LogP contribution < -0.4 is 10.4 Å². The summed E-state index contributed by atoms with van der Waals surface area (Å²) in [5, 5.41) is 14.3. The van der Waals surface area contributed by atoms with Gasteiger partial charge in [-0.1, -0.05) is 0 Å². The number of carbonyl (C=O) groups excluding carboxylic acids is 2. The van der Waals surface area contributed by atoms with Crippen LogP contribution in [0, 0.1) is 23.7 Å². The van der Waals surface area contributed by atoms with Gasteiger partial charge in [0.1, 0.15) is 0 Å².